The van der Waals surface area contributed by atoms with Crippen LogP contribution in [0, 0.1) is 0 Å². The fourth-order valence-electron chi connectivity index (χ4n) is 1.97. The molecule has 120 valence electrons. The lowest BCUT2D eigenvalue weighted by molar-refractivity contribution is 0.129. The van der Waals surface area contributed by atoms with Gasteiger partial charge in [0.1, 0.15) is 17.5 Å². The summed E-state index contributed by atoms with van der Waals surface area (Å²) in [6.07, 6.45) is -0.383. The third-order valence-corrected chi connectivity index (χ3v) is 3.36. The van der Waals surface area contributed by atoms with Gasteiger partial charge in [0.25, 0.3) is 0 Å². The molecule has 0 radical (unpaired) electrons. The van der Waals surface area contributed by atoms with Gasteiger partial charge in [0.15, 0.2) is 0 Å². The molecule has 22 heavy (non-hydrogen) atoms. The molecule has 0 aliphatic carbocycles. The van der Waals surface area contributed by atoms with Crippen molar-refractivity contribution >= 4 is 0 Å². The minimum Gasteiger partial charge on any atom is -0.486 e. The van der Waals surface area contributed by atoms with Crippen molar-refractivity contribution in [3.8, 4) is 11.4 Å². The normalized spacial score (nSPS) is 13.2. The van der Waals surface area contributed by atoms with Gasteiger partial charge in [0, 0.05) is 7.05 Å². The second-order valence-electron chi connectivity index (χ2n) is 6.34. The number of hydrogen-bond donors (Lipinski definition) is 1. The number of ether oxygens (including phenoxy) is 1. The molecule has 0 saturated heterocycles. The molecule has 0 bridgehead atoms. The van der Waals surface area contributed by atoms with E-state index in [4.69, 9.17) is 4.74 Å². The average molecular weight is 306 g/mol. The first kappa shape index (κ1) is 16.2. The van der Waals surface area contributed by atoms with Crippen LogP contribution in [0.1, 0.15) is 33.3 Å². The van der Waals surface area contributed by atoms with Gasteiger partial charge >= 0.3 is 5.69 Å². The van der Waals surface area contributed by atoms with E-state index in [2.05, 4.69) is 31.2 Å². The number of rotatable bonds is 4. The Morgan fingerprint density at radius 1 is 1.32 bits per heavy atom. The van der Waals surface area contributed by atoms with E-state index in [-0.39, 0.29) is 23.8 Å². The molecule has 1 atom stereocenters. The van der Waals surface area contributed by atoms with Gasteiger partial charge in [0.05, 0.1) is 6.61 Å². The van der Waals surface area contributed by atoms with E-state index in [1.807, 2.05) is 12.1 Å². The van der Waals surface area contributed by atoms with Crippen LogP contribution in [0.15, 0.2) is 23.0 Å². The van der Waals surface area contributed by atoms with E-state index < -0.39 is 0 Å². The highest BCUT2D eigenvalue weighted by atomic mass is 16.5. The van der Waals surface area contributed by atoms with Crippen molar-refractivity contribution < 1.29 is 9.84 Å². The van der Waals surface area contributed by atoms with Crippen molar-refractivity contribution in [3.05, 3.63) is 34.2 Å². The molecule has 0 spiro atoms. The van der Waals surface area contributed by atoms with Crippen molar-refractivity contribution in [1.82, 2.24) is 19.8 Å². The van der Waals surface area contributed by atoms with Crippen molar-refractivity contribution in [2.24, 2.45) is 7.05 Å². The van der Waals surface area contributed by atoms with Crippen LogP contribution in [0.4, 0.5) is 0 Å². The summed E-state index contributed by atoms with van der Waals surface area (Å²) < 4.78 is 8.05. The van der Waals surface area contributed by atoms with E-state index in [1.165, 1.54) is 11.7 Å². The number of aryl methyl sites for hydroxylation is 1. The maximum absolute atomic E-state index is 12.1. The van der Waals surface area contributed by atoms with Gasteiger partial charge in [-0.05, 0) is 40.5 Å². The molecule has 1 aromatic carbocycles. The Morgan fingerprint density at radius 3 is 2.50 bits per heavy atom. The number of aliphatic hydroxyl groups is 1. The van der Waals surface area contributed by atoms with Crippen LogP contribution in [0.25, 0.3) is 5.69 Å². The number of tetrazole rings is 1. The van der Waals surface area contributed by atoms with Crippen LogP contribution in [0.5, 0.6) is 5.75 Å². The summed E-state index contributed by atoms with van der Waals surface area (Å²) in [5.41, 5.74) is 1.13. The van der Waals surface area contributed by atoms with Crippen LogP contribution < -0.4 is 10.4 Å². The first-order chi connectivity index (χ1) is 10.2. The molecular formula is C15H22N4O3. The summed E-state index contributed by atoms with van der Waals surface area (Å²) >= 11 is 0. The molecular weight excluding hydrogens is 284 g/mol. The molecule has 0 saturated carbocycles. The molecule has 2 aromatic rings. The van der Waals surface area contributed by atoms with E-state index in [1.54, 1.807) is 13.0 Å². The molecule has 1 aromatic heterocycles. The van der Waals surface area contributed by atoms with Crippen LogP contribution in [0.2, 0.25) is 0 Å². The lowest BCUT2D eigenvalue weighted by atomic mass is 9.87. The Hall–Kier alpha value is -2.15. The molecule has 1 heterocycles. The summed E-state index contributed by atoms with van der Waals surface area (Å²) in [4.78, 5) is 12.1. The van der Waals surface area contributed by atoms with Gasteiger partial charge < -0.3 is 9.84 Å². The van der Waals surface area contributed by atoms with E-state index in [0.29, 0.717) is 11.4 Å². The number of aliphatic hydroxyl groups excluding tert-OH is 1. The van der Waals surface area contributed by atoms with Gasteiger partial charge in [-0.3, -0.25) is 0 Å². The zero-order chi connectivity index (χ0) is 16.5. The zero-order valence-corrected chi connectivity index (χ0v) is 13.6. The van der Waals surface area contributed by atoms with E-state index in [9.17, 15) is 9.90 Å². The number of aromatic nitrogens is 4. The van der Waals surface area contributed by atoms with E-state index in [0.717, 1.165) is 10.2 Å². The Labute approximate surface area is 129 Å². The predicted molar refractivity (Wildman–Crippen MR) is 82.5 cm³/mol. The number of benzene rings is 1. The lowest BCUT2D eigenvalue weighted by Gasteiger charge is -2.22. The fourth-order valence-corrected chi connectivity index (χ4v) is 1.97. The summed E-state index contributed by atoms with van der Waals surface area (Å²) in [7, 11) is 1.54. The molecule has 0 unspecified atom stereocenters. The third-order valence-electron chi connectivity index (χ3n) is 3.36. The Morgan fingerprint density at radius 2 is 2.00 bits per heavy atom. The van der Waals surface area contributed by atoms with Crippen LogP contribution in [-0.2, 0) is 12.5 Å². The Kier molecular flexibility index (Phi) is 4.37. The Balaban J connectivity index is 2.60. The van der Waals surface area contributed by atoms with E-state index >= 15 is 0 Å². The summed E-state index contributed by atoms with van der Waals surface area (Å²) in [6, 6.07) is 5.61. The average Bonchev–Trinajstić information content (AvgIpc) is 2.78. The quantitative estimate of drug-likeness (QED) is 0.912. The maximum atomic E-state index is 12.1. The first-order valence-electron chi connectivity index (χ1n) is 7.15. The smallest absolute Gasteiger partial charge is 0.368 e. The molecule has 2 rings (SSSR count). The van der Waals surface area contributed by atoms with Crippen molar-refractivity contribution in [1.29, 1.82) is 0 Å². The highest BCUT2D eigenvalue weighted by Crippen LogP contribution is 2.30. The van der Waals surface area contributed by atoms with Gasteiger partial charge in [-0.1, -0.05) is 26.8 Å². The fraction of sp³-hybridized carbons (Fsp3) is 0.533. The highest BCUT2D eigenvalue weighted by Gasteiger charge is 2.20. The third kappa shape index (κ3) is 3.19. The monoisotopic (exact) mass is 306 g/mol. The Bertz CT molecular complexity index is 712. The SMILES string of the molecule is C[C@@H](CO)Oc1ccc(C(C)(C)C)cc1-n1nnn(C)c1=O. The van der Waals surface area contributed by atoms with Crippen molar-refractivity contribution in [2.45, 2.75) is 39.2 Å². The van der Waals surface area contributed by atoms with Gasteiger partial charge in [-0.2, -0.15) is 9.36 Å². The highest BCUT2D eigenvalue weighted by molar-refractivity contribution is 5.49. The minimum absolute atomic E-state index is 0.0817. The second kappa shape index (κ2) is 5.92. The summed E-state index contributed by atoms with van der Waals surface area (Å²) in [5, 5.41) is 16.8. The van der Waals surface area contributed by atoms with Gasteiger partial charge in [0.2, 0.25) is 0 Å². The topological polar surface area (TPSA) is 82.2 Å². The lowest BCUT2D eigenvalue weighted by Crippen LogP contribution is -2.24. The molecule has 7 nitrogen and oxygen atoms in total. The van der Waals surface area contributed by atoms with Crippen molar-refractivity contribution in [2.75, 3.05) is 6.61 Å². The molecule has 7 heteroatoms. The second-order valence-corrected chi connectivity index (χ2v) is 6.34. The summed E-state index contributed by atoms with van der Waals surface area (Å²) in [6.45, 7) is 7.89. The summed E-state index contributed by atoms with van der Waals surface area (Å²) in [5.74, 6) is 0.483. The molecule has 0 aliphatic heterocycles. The predicted octanol–water partition coefficient (Wildman–Crippen LogP) is 1.02. The largest absolute Gasteiger partial charge is 0.486 e. The molecule has 0 amide bonds. The standard InChI is InChI=1S/C15H22N4O3/c1-10(9-20)22-13-7-6-11(15(2,3)4)8-12(13)19-14(21)18(5)16-17-19/h6-8,10,20H,9H2,1-5H3/t10-/m0/s1. The van der Waals surface area contributed by atoms with Gasteiger partial charge in [-0.25, -0.2) is 4.79 Å². The van der Waals surface area contributed by atoms with Gasteiger partial charge in [-0.15, -0.1) is 0 Å². The zero-order valence-electron chi connectivity index (χ0n) is 13.6. The van der Waals surface area contributed by atoms with Crippen LogP contribution in [-0.4, -0.2) is 37.6 Å². The van der Waals surface area contributed by atoms with Crippen LogP contribution >= 0.6 is 0 Å². The number of nitrogens with zero attached hydrogens (tertiary/aromatic N) is 4. The minimum atomic E-state index is -0.383. The molecule has 1 N–H and O–H groups in total. The molecule has 0 aliphatic rings. The number of hydrogen-bond acceptors (Lipinski definition) is 5. The molecule has 0 fully saturated rings. The van der Waals surface area contributed by atoms with Crippen molar-refractivity contribution in [3.63, 3.8) is 0 Å². The van der Waals surface area contributed by atoms with Crippen LogP contribution in [0.3, 0.4) is 0 Å². The maximum Gasteiger partial charge on any atom is 0.368 e. The first-order valence-corrected chi connectivity index (χ1v) is 7.15.